The van der Waals surface area contributed by atoms with Gasteiger partial charge in [0.25, 0.3) is 0 Å². The first-order valence-corrected chi connectivity index (χ1v) is 11.3. The minimum absolute atomic E-state index is 0.183. The zero-order chi connectivity index (χ0) is 18.9. The minimum Gasteiger partial charge on any atom is -0.355 e. The maximum Gasteiger partial charge on any atom is 0.219 e. The maximum atomic E-state index is 11.9. The Morgan fingerprint density at radius 1 is 1.04 bits per heavy atom. The summed E-state index contributed by atoms with van der Waals surface area (Å²) in [7, 11) is 0. The summed E-state index contributed by atoms with van der Waals surface area (Å²) in [6.07, 6.45) is 12.9. The molecule has 1 amide bonds. The number of hydrogen-bond donors (Lipinski definition) is 1. The second-order valence-electron chi connectivity index (χ2n) is 8.65. The van der Waals surface area contributed by atoms with Gasteiger partial charge in [-0.3, -0.25) is 9.69 Å². The molecule has 2 atom stereocenters. The van der Waals surface area contributed by atoms with Crippen molar-refractivity contribution in [1.82, 2.24) is 10.2 Å². The fourth-order valence-electron chi connectivity index (χ4n) is 4.99. The highest BCUT2D eigenvalue weighted by Gasteiger charge is 2.30. The lowest BCUT2D eigenvalue weighted by atomic mass is 9.83. The van der Waals surface area contributed by atoms with Crippen LogP contribution in [0.5, 0.6) is 0 Å². The second kappa shape index (κ2) is 10.8. The molecular formula is C24H38N2O. The van der Waals surface area contributed by atoms with Crippen molar-refractivity contribution in [2.24, 2.45) is 5.92 Å². The normalized spacial score (nSPS) is 25.5. The van der Waals surface area contributed by atoms with E-state index in [4.69, 9.17) is 0 Å². The molecule has 1 aliphatic heterocycles. The largest absolute Gasteiger partial charge is 0.355 e. The molecule has 1 aliphatic carbocycles. The Labute approximate surface area is 165 Å². The zero-order valence-corrected chi connectivity index (χ0v) is 17.2. The third kappa shape index (κ3) is 6.34. The Hall–Kier alpha value is -1.35. The number of amides is 1. The van der Waals surface area contributed by atoms with E-state index < -0.39 is 0 Å². The van der Waals surface area contributed by atoms with Crippen LogP contribution in [0, 0.1) is 5.92 Å². The van der Waals surface area contributed by atoms with E-state index in [2.05, 4.69) is 40.5 Å². The lowest BCUT2D eigenvalue weighted by Crippen LogP contribution is -2.49. The summed E-state index contributed by atoms with van der Waals surface area (Å²) in [4.78, 5) is 14.6. The molecule has 1 heterocycles. The number of carbonyl (C=O) groups excluding carboxylic acids is 1. The molecule has 0 aromatic heterocycles. The Balaban J connectivity index is 1.62. The molecule has 2 unspecified atom stereocenters. The summed E-state index contributed by atoms with van der Waals surface area (Å²) >= 11 is 0. The predicted octanol–water partition coefficient (Wildman–Crippen LogP) is 5.12. The van der Waals surface area contributed by atoms with Crippen LogP contribution in [-0.2, 0) is 4.79 Å². The lowest BCUT2D eigenvalue weighted by Gasteiger charge is -2.41. The smallest absolute Gasteiger partial charge is 0.219 e. The van der Waals surface area contributed by atoms with Gasteiger partial charge in [0.05, 0.1) is 0 Å². The van der Waals surface area contributed by atoms with Crippen LogP contribution in [-0.4, -0.2) is 36.5 Å². The first kappa shape index (κ1) is 20.4. The van der Waals surface area contributed by atoms with E-state index in [1.807, 2.05) is 6.92 Å². The van der Waals surface area contributed by atoms with Gasteiger partial charge in [-0.15, -0.1) is 0 Å². The van der Waals surface area contributed by atoms with E-state index in [0.29, 0.717) is 18.4 Å². The van der Waals surface area contributed by atoms with Gasteiger partial charge in [0.1, 0.15) is 0 Å². The standard InChI is InChI=1S/C24H38N2O/c1-2-24(27)25-18-23-17-22(21-13-9-6-10-14-21)15-16-26(23)19-20-11-7-4-3-5-8-12-20/h6,9-10,13-14,20,22-23H,2-5,7-8,11-12,15-19H2,1H3,(H,25,27). The third-order valence-electron chi connectivity index (χ3n) is 6.68. The predicted molar refractivity (Wildman–Crippen MR) is 113 cm³/mol. The summed E-state index contributed by atoms with van der Waals surface area (Å²) in [6.45, 7) is 5.15. The molecule has 2 aliphatic rings. The van der Waals surface area contributed by atoms with Gasteiger partial charge in [-0.25, -0.2) is 0 Å². The molecule has 3 nitrogen and oxygen atoms in total. The van der Waals surface area contributed by atoms with Crippen molar-refractivity contribution < 1.29 is 4.79 Å². The molecule has 1 aromatic carbocycles. The Bertz CT molecular complexity index is 551. The van der Waals surface area contributed by atoms with Gasteiger partial charge in [0, 0.05) is 25.6 Å². The monoisotopic (exact) mass is 370 g/mol. The van der Waals surface area contributed by atoms with E-state index in [1.165, 1.54) is 76.4 Å². The fraction of sp³-hybridized carbons (Fsp3) is 0.708. The number of benzene rings is 1. The van der Waals surface area contributed by atoms with E-state index in [0.717, 1.165) is 12.5 Å². The lowest BCUT2D eigenvalue weighted by molar-refractivity contribution is -0.121. The van der Waals surface area contributed by atoms with Gasteiger partial charge in [0.2, 0.25) is 5.91 Å². The number of carbonyl (C=O) groups is 1. The van der Waals surface area contributed by atoms with Crippen molar-refractivity contribution in [2.75, 3.05) is 19.6 Å². The second-order valence-corrected chi connectivity index (χ2v) is 8.65. The van der Waals surface area contributed by atoms with Crippen LogP contribution in [0.4, 0.5) is 0 Å². The summed E-state index contributed by atoms with van der Waals surface area (Å²) < 4.78 is 0. The van der Waals surface area contributed by atoms with E-state index >= 15 is 0 Å². The average Bonchev–Trinajstić information content (AvgIpc) is 2.69. The van der Waals surface area contributed by atoms with Crippen molar-refractivity contribution in [3.05, 3.63) is 35.9 Å². The summed E-state index contributed by atoms with van der Waals surface area (Å²) in [5.74, 6) is 1.66. The quantitative estimate of drug-likeness (QED) is 0.753. The Kier molecular flexibility index (Phi) is 8.19. The molecule has 1 N–H and O–H groups in total. The van der Waals surface area contributed by atoms with Crippen LogP contribution in [0.15, 0.2) is 30.3 Å². The number of piperidine rings is 1. The number of rotatable bonds is 6. The van der Waals surface area contributed by atoms with Crippen molar-refractivity contribution in [1.29, 1.82) is 0 Å². The van der Waals surface area contributed by atoms with Gasteiger partial charge in [0.15, 0.2) is 0 Å². The van der Waals surface area contributed by atoms with E-state index in [9.17, 15) is 4.79 Å². The highest BCUT2D eigenvalue weighted by atomic mass is 16.1. The first-order valence-electron chi connectivity index (χ1n) is 11.3. The van der Waals surface area contributed by atoms with Crippen molar-refractivity contribution in [3.63, 3.8) is 0 Å². The Morgan fingerprint density at radius 3 is 2.44 bits per heavy atom. The van der Waals surface area contributed by atoms with Gasteiger partial charge >= 0.3 is 0 Å². The first-order chi connectivity index (χ1) is 13.3. The van der Waals surface area contributed by atoms with Crippen LogP contribution in [0.25, 0.3) is 0 Å². The molecule has 0 bridgehead atoms. The van der Waals surface area contributed by atoms with Crippen LogP contribution < -0.4 is 5.32 Å². The highest BCUT2D eigenvalue weighted by molar-refractivity contribution is 5.75. The number of likely N-dealkylation sites (tertiary alicyclic amines) is 1. The minimum atomic E-state index is 0.183. The van der Waals surface area contributed by atoms with Crippen LogP contribution in [0.2, 0.25) is 0 Å². The molecule has 0 radical (unpaired) electrons. The van der Waals surface area contributed by atoms with Gasteiger partial charge in [-0.1, -0.05) is 69.4 Å². The molecule has 1 saturated carbocycles. The molecule has 150 valence electrons. The number of nitrogens with zero attached hydrogens (tertiary/aromatic N) is 1. The molecule has 1 saturated heterocycles. The molecule has 27 heavy (non-hydrogen) atoms. The third-order valence-corrected chi connectivity index (χ3v) is 6.68. The maximum absolute atomic E-state index is 11.9. The van der Waals surface area contributed by atoms with Crippen LogP contribution in [0.3, 0.4) is 0 Å². The molecule has 2 fully saturated rings. The fourth-order valence-corrected chi connectivity index (χ4v) is 4.99. The van der Waals surface area contributed by atoms with Crippen LogP contribution in [0.1, 0.15) is 82.6 Å². The number of nitrogens with one attached hydrogen (secondary N) is 1. The molecule has 3 rings (SSSR count). The van der Waals surface area contributed by atoms with Gasteiger partial charge < -0.3 is 5.32 Å². The summed E-state index contributed by atoms with van der Waals surface area (Å²) in [5, 5.41) is 3.18. The van der Waals surface area contributed by atoms with Crippen LogP contribution >= 0.6 is 0 Å². The zero-order valence-electron chi connectivity index (χ0n) is 17.2. The summed E-state index contributed by atoms with van der Waals surface area (Å²) in [5.41, 5.74) is 1.47. The molecule has 3 heteroatoms. The number of hydrogen-bond acceptors (Lipinski definition) is 2. The Morgan fingerprint density at radius 2 is 1.74 bits per heavy atom. The SMILES string of the molecule is CCC(=O)NCC1CC(c2ccccc2)CCN1CC1CCCCCCC1. The molecule has 1 aromatic rings. The molecule has 0 spiro atoms. The highest BCUT2D eigenvalue weighted by Crippen LogP contribution is 2.33. The van der Waals surface area contributed by atoms with Crippen molar-refractivity contribution in [2.45, 2.75) is 83.1 Å². The summed E-state index contributed by atoms with van der Waals surface area (Å²) in [6, 6.07) is 11.4. The van der Waals surface area contributed by atoms with Gasteiger partial charge in [-0.05, 0) is 49.6 Å². The van der Waals surface area contributed by atoms with Crippen molar-refractivity contribution in [3.8, 4) is 0 Å². The average molecular weight is 371 g/mol. The van der Waals surface area contributed by atoms with E-state index in [-0.39, 0.29) is 5.91 Å². The van der Waals surface area contributed by atoms with Gasteiger partial charge in [-0.2, -0.15) is 0 Å². The molecular weight excluding hydrogens is 332 g/mol. The van der Waals surface area contributed by atoms with E-state index in [1.54, 1.807) is 0 Å². The van der Waals surface area contributed by atoms with Crippen molar-refractivity contribution >= 4 is 5.91 Å². The topological polar surface area (TPSA) is 32.3 Å².